The zero-order chi connectivity index (χ0) is 17.7. The molecule has 10 heteroatoms. The summed E-state index contributed by atoms with van der Waals surface area (Å²) in [6.07, 6.45) is -2.06. The minimum absolute atomic E-state index is 0.105. The Morgan fingerprint density at radius 2 is 2.00 bits per heavy atom. The molecule has 0 saturated carbocycles. The SMILES string of the molecule is Cn1cccc1C(=O)NNC(=O)CSc1ccc(C(F)(F)F)cn1. The molecule has 0 spiro atoms. The minimum Gasteiger partial charge on any atom is -0.347 e. The van der Waals surface area contributed by atoms with Crippen molar-refractivity contribution >= 4 is 23.6 Å². The van der Waals surface area contributed by atoms with Crippen LogP contribution in [0.3, 0.4) is 0 Å². The first-order valence-electron chi connectivity index (χ1n) is 6.64. The average Bonchev–Trinajstić information content (AvgIpc) is 2.96. The molecule has 0 aliphatic carbocycles. The van der Waals surface area contributed by atoms with Crippen LogP contribution in [-0.2, 0) is 18.0 Å². The van der Waals surface area contributed by atoms with Crippen molar-refractivity contribution in [3.8, 4) is 0 Å². The van der Waals surface area contributed by atoms with Crippen molar-refractivity contribution in [1.29, 1.82) is 0 Å². The fourth-order valence-electron chi connectivity index (χ4n) is 1.70. The third kappa shape index (κ3) is 4.75. The predicted octanol–water partition coefficient (Wildman–Crippen LogP) is 1.99. The van der Waals surface area contributed by atoms with Gasteiger partial charge in [0.1, 0.15) is 5.69 Å². The molecule has 2 aromatic heterocycles. The smallest absolute Gasteiger partial charge is 0.347 e. The molecule has 2 aromatic rings. The lowest BCUT2D eigenvalue weighted by Crippen LogP contribution is -2.43. The van der Waals surface area contributed by atoms with Crippen LogP contribution in [0.4, 0.5) is 13.2 Å². The highest BCUT2D eigenvalue weighted by Crippen LogP contribution is 2.29. The number of hydrazine groups is 1. The van der Waals surface area contributed by atoms with Crippen molar-refractivity contribution in [2.24, 2.45) is 7.05 Å². The molecule has 0 aliphatic heterocycles. The van der Waals surface area contributed by atoms with Gasteiger partial charge in [-0.25, -0.2) is 4.98 Å². The van der Waals surface area contributed by atoms with Gasteiger partial charge in [0.05, 0.1) is 16.3 Å². The van der Waals surface area contributed by atoms with E-state index in [-0.39, 0.29) is 10.8 Å². The topological polar surface area (TPSA) is 76.0 Å². The van der Waals surface area contributed by atoms with Crippen LogP contribution in [0.1, 0.15) is 16.1 Å². The number of nitrogens with one attached hydrogen (secondary N) is 2. The number of amides is 2. The number of carbonyl (C=O) groups excluding carboxylic acids is 2. The summed E-state index contributed by atoms with van der Waals surface area (Å²) in [6.45, 7) is 0. The van der Waals surface area contributed by atoms with E-state index in [1.165, 1.54) is 6.07 Å². The lowest BCUT2D eigenvalue weighted by molar-refractivity contribution is -0.137. The van der Waals surface area contributed by atoms with E-state index in [1.807, 2.05) is 0 Å². The highest BCUT2D eigenvalue weighted by atomic mass is 32.2. The van der Waals surface area contributed by atoms with Crippen LogP contribution in [0.25, 0.3) is 0 Å². The van der Waals surface area contributed by atoms with E-state index in [1.54, 1.807) is 29.9 Å². The van der Waals surface area contributed by atoms with E-state index in [0.717, 1.165) is 17.8 Å². The van der Waals surface area contributed by atoms with Crippen LogP contribution in [0, 0.1) is 0 Å². The van der Waals surface area contributed by atoms with Crippen LogP contribution < -0.4 is 10.9 Å². The fourth-order valence-corrected chi connectivity index (χ4v) is 2.34. The standard InChI is InChI=1S/C14H13F3N4O2S/c1-21-6-2-3-10(21)13(23)20-19-11(22)8-24-12-5-4-9(7-18-12)14(15,16)17/h2-7H,8H2,1H3,(H,19,22)(H,20,23). The molecule has 6 nitrogen and oxygen atoms in total. The number of rotatable bonds is 4. The molecule has 0 saturated heterocycles. The van der Waals surface area contributed by atoms with E-state index < -0.39 is 23.6 Å². The Balaban J connectivity index is 1.79. The van der Waals surface area contributed by atoms with Gasteiger partial charge >= 0.3 is 6.18 Å². The van der Waals surface area contributed by atoms with Gasteiger partial charge in [0.15, 0.2) is 0 Å². The van der Waals surface area contributed by atoms with Gasteiger partial charge in [0, 0.05) is 19.4 Å². The number of halogens is 3. The highest BCUT2D eigenvalue weighted by Gasteiger charge is 2.30. The number of hydrogen-bond acceptors (Lipinski definition) is 4. The maximum Gasteiger partial charge on any atom is 0.417 e. The Bertz CT molecular complexity index is 728. The summed E-state index contributed by atoms with van der Waals surface area (Å²) in [7, 11) is 1.68. The molecule has 128 valence electrons. The number of alkyl halides is 3. The van der Waals surface area contributed by atoms with E-state index in [2.05, 4.69) is 15.8 Å². The monoisotopic (exact) mass is 358 g/mol. The van der Waals surface area contributed by atoms with Crippen LogP contribution in [0.2, 0.25) is 0 Å². The summed E-state index contributed by atoms with van der Waals surface area (Å²) in [6, 6.07) is 5.35. The second-order valence-corrected chi connectivity index (χ2v) is 5.67. The van der Waals surface area contributed by atoms with Crippen LogP contribution >= 0.6 is 11.8 Å². The molecule has 2 heterocycles. The summed E-state index contributed by atoms with van der Waals surface area (Å²) in [4.78, 5) is 27.0. The molecule has 0 aliphatic rings. The maximum atomic E-state index is 12.4. The Labute approximate surface area is 139 Å². The largest absolute Gasteiger partial charge is 0.417 e. The predicted molar refractivity (Wildman–Crippen MR) is 81.0 cm³/mol. The average molecular weight is 358 g/mol. The first-order valence-corrected chi connectivity index (χ1v) is 7.62. The van der Waals surface area contributed by atoms with E-state index in [9.17, 15) is 22.8 Å². The second-order valence-electron chi connectivity index (χ2n) is 4.68. The molecular formula is C14H13F3N4O2S. The number of aryl methyl sites for hydroxylation is 1. The molecule has 0 unspecified atom stereocenters. The number of nitrogens with zero attached hydrogens (tertiary/aromatic N) is 2. The fraction of sp³-hybridized carbons (Fsp3) is 0.214. The van der Waals surface area contributed by atoms with Gasteiger partial charge < -0.3 is 4.57 Å². The number of hydrogen-bond donors (Lipinski definition) is 2. The highest BCUT2D eigenvalue weighted by molar-refractivity contribution is 7.99. The first-order chi connectivity index (χ1) is 11.3. The molecule has 0 bridgehead atoms. The lowest BCUT2D eigenvalue weighted by Gasteiger charge is -2.08. The Morgan fingerprint density at radius 3 is 2.54 bits per heavy atom. The zero-order valence-corrected chi connectivity index (χ0v) is 13.2. The third-order valence-corrected chi connectivity index (χ3v) is 3.85. The summed E-state index contributed by atoms with van der Waals surface area (Å²) in [5.74, 6) is -1.09. The molecular weight excluding hydrogens is 345 g/mol. The van der Waals surface area contributed by atoms with Gasteiger partial charge in [-0.1, -0.05) is 11.8 Å². The Hall–Kier alpha value is -2.49. The Kier molecular flexibility index (Phi) is 5.50. The van der Waals surface area contributed by atoms with Gasteiger partial charge in [-0.3, -0.25) is 20.4 Å². The van der Waals surface area contributed by atoms with Crippen LogP contribution in [0.15, 0.2) is 41.7 Å². The molecule has 0 atom stereocenters. The molecule has 2 rings (SSSR count). The second kappa shape index (κ2) is 7.39. The van der Waals surface area contributed by atoms with Crippen molar-refractivity contribution in [2.75, 3.05) is 5.75 Å². The normalized spacial score (nSPS) is 11.2. The molecule has 2 amide bonds. The van der Waals surface area contributed by atoms with E-state index in [4.69, 9.17) is 0 Å². The maximum absolute atomic E-state index is 12.4. The van der Waals surface area contributed by atoms with E-state index >= 15 is 0 Å². The number of carbonyl (C=O) groups is 2. The lowest BCUT2D eigenvalue weighted by atomic mass is 10.3. The summed E-state index contributed by atoms with van der Waals surface area (Å²) in [5, 5.41) is 0.270. The quantitative estimate of drug-likeness (QED) is 0.647. The number of thioether (sulfide) groups is 1. The summed E-state index contributed by atoms with van der Waals surface area (Å²) < 4.78 is 38.8. The molecule has 24 heavy (non-hydrogen) atoms. The number of aromatic nitrogens is 2. The van der Waals surface area contributed by atoms with Crippen LogP contribution in [0.5, 0.6) is 0 Å². The minimum atomic E-state index is -4.45. The van der Waals surface area contributed by atoms with E-state index in [0.29, 0.717) is 11.9 Å². The molecule has 0 radical (unpaired) electrons. The van der Waals surface area contributed by atoms with Gasteiger partial charge in [0.2, 0.25) is 5.91 Å². The van der Waals surface area contributed by atoms with Crippen molar-refractivity contribution in [2.45, 2.75) is 11.2 Å². The summed E-state index contributed by atoms with van der Waals surface area (Å²) in [5.41, 5.74) is 3.99. The van der Waals surface area contributed by atoms with Crippen LogP contribution in [-0.4, -0.2) is 27.1 Å². The molecule has 0 fully saturated rings. The van der Waals surface area contributed by atoms with Crippen molar-refractivity contribution in [3.05, 3.63) is 47.9 Å². The van der Waals surface area contributed by atoms with Crippen molar-refractivity contribution in [1.82, 2.24) is 20.4 Å². The Morgan fingerprint density at radius 1 is 1.25 bits per heavy atom. The summed E-state index contributed by atoms with van der Waals surface area (Å²) >= 11 is 0.953. The van der Waals surface area contributed by atoms with Crippen molar-refractivity contribution in [3.63, 3.8) is 0 Å². The van der Waals surface area contributed by atoms with Gasteiger partial charge in [-0.15, -0.1) is 0 Å². The van der Waals surface area contributed by atoms with Gasteiger partial charge in [-0.05, 0) is 24.3 Å². The van der Waals surface area contributed by atoms with Gasteiger partial charge in [-0.2, -0.15) is 13.2 Å². The zero-order valence-electron chi connectivity index (χ0n) is 12.4. The molecule has 0 aromatic carbocycles. The van der Waals surface area contributed by atoms with Crippen molar-refractivity contribution < 1.29 is 22.8 Å². The number of pyridine rings is 1. The first kappa shape index (κ1) is 17.9. The third-order valence-electron chi connectivity index (χ3n) is 2.91. The molecule has 2 N–H and O–H groups in total. The van der Waals surface area contributed by atoms with Gasteiger partial charge in [0.25, 0.3) is 5.91 Å².